The number of para-hydroxylation sites is 1. The number of rotatable bonds is 2. The normalized spacial score (nSPS) is 12.1. The van der Waals surface area contributed by atoms with E-state index in [0.717, 1.165) is 0 Å². The van der Waals surface area contributed by atoms with Gasteiger partial charge in [0.15, 0.2) is 0 Å². The van der Waals surface area contributed by atoms with Crippen molar-refractivity contribution in [2.24, 2.45) is 0 Å². The largest absolute Gasteiger partial charge is 0.508 e. The maximum Gasteiger partial charge on any atom is 0.405 e. The minimum atomic E-state index is -1.10. The Kier molecular flexibility index (Phi) is 2.74. The van der Waals surface area contributed by atoms with E-state index in [0.29, 0.717) is 5.56 Å². The van der Waals surface area contributed by atoms with Crippen molar-refractivity contribution in [1.29, 1.82) is 0 Å². The standard InChI is InChI=1S/C9H11NO3/c1-6(10-9(12)13)7-4-2-3-5-8(7)11/h2-6,10-11H,1H3,(H,12,13). The van der Waals surface area contributed by atoms with Crippen LogP contribution in [0.25, 0.3) is 0 Å². The van der Waals surface area contributed by atoms with E-state index in [1.807, 2.05) is 0 Å². The Bertz CT molecular complexity index is 311. The number of benzene rings is 1. The monoisotopic (exact) mass is 181 g/mol. The minimum absolute atomic E-state index is 0.101. The lowest BCUT2D eigenvalue weighted by Gasteiger charge is -2.12. The predicted octanol–water partition coefficient (Wildman–Crippen LogP) is 1.72. The average Bonchev–Trinajstić information content (AvgIpc) is 2.03. The van der Waals surface area contributed by atoms with Gasteiger partial charge in [-0.2, -0.15) is 0 Å². The van der Waals surface area contributed by atoms with E-state index in [1.54, 1.807) is 25.1 Å². The molecular weight excluding hydrogens is 170 g/mol. The molecule has 1 atom stereocenters. The van der Waals surface area contributed by atoms with Crippen molar-refractivity contribution in [1.82, 2.24) is 5.32 Å². The number of phenols is 1. The first-order chi connectivity index (χ1) is 6.11. The Hall–Kier alpha value is -1.71. The van der Waals surface area contributed by atoms with Gasteiger partial charge in [0.05, 0.1) is 6.04 Å². The lowest BCUT2D eigenvalue weighted by molar-refractivity contribution is 0.190. The van der Waals surface area contributed by atoms with Crippen LogP contribution in [0, 0.1) is 0 Å². The van der Waals surface area contributed by atoms with Crippen molar-refractivity contribution in [2.45, 2.75) is 13.0 Å². The van der Waals surface area contributed by atoms with Crippen LogP contribution in [-0.4, -0.2) is 16.3 Å². The highest BCUT2D eigenvalue weighted by Gasteiger charge is 2.10. The summed E-state index contributed by atoms with van der Waals surface area (Å²) in [7, 11) is 0. The summed E-state index contributed by atoms with van der Waals surface area (Å²) in [5.74, 6) is 0.101. The Labute approximate surface area is 75.8 Å². The van der Waals surface area contributed by atoms with Gasteiger partial charge in [0.25, 0.3) is 0 Å². The van der Waals surface area contributed by atoms with E-state index in [1.165, 1.54) is 6.07 Å². The molecule has 1 aromatic rings. The molecule has 0 radical (unpaired) electrons. The van der Waals surface area contributed by atoms with Crippen molar-refractivity contribution in [3.63, 3.8) is 0 Å². The molecule has 1 amide bonds. The van der Waals surface area contributed by atoms with Crippen LogP contribution < -0.4 is 5.32 Å². The lowest BCUT2D eigenvalue weighted by atomic mass is 10.1. The summed E-state index contributed by atoms with van der Waals surface area (Å²) in [6.07, 6.45) is -1.10. The van der Waals surface area contributed by atoms with Crippen molar-refractivity contribution >= 4 is 6.09 Å². The summed E-state index contributed by atoms with van der Waals surface area (Å²) in [6.45, 7) is 1.67. The molecule has 1 unspecified atom stereocenters. The number of phenolic OH excluding ortho intramolecular Hbond substituents is 1. The third-order valence-electron chi connectivity index (χ3n) is 1.74. The lowest BCUT2D eigenvalue weighted by Crippen LogP contribution is -2.24. The molecule has 1 rings (SSSR count). The average molecular weight is 181 g/mol. The van der Waals surface area contributed by atoms with Crippen LogP contribution in [0.15, 0.2) is 24.3 Å². The smallest absolute Gasteiger partial charge is 0.405 e. The fourth-order valence-electron chi connectivity index (χ4n) is 1.12. The zero-order valence-electron chi connectivity index (χ0n) is 7.19. The van der Waals surface area contributed by atoms with Gasteiger partial charge in [-0.3, -0.25) is 0 Å². The summed E-state index contributed by atoms with van der Waals surface area (Å²) in [6, 6.07) is 6.23. The maximum absolute atomic E-state index is 10.3. The van der Waals surface area contributed by atoms with Gasteiger partial charge in [0.1, 0.15) is 5.75 Å². The molecule has 0 heterocycles. The van der Waals surface area contributed by atoms with E-state index < -0.39 is 12.1 Å². The molecule has 3 N–H and O–H groups in total. The Morgan fingerprint density at radius 3 is 2.62 bits per heavy atom. The molecule has 0 bridgehead atoms. The molecule has 0 spiro atoms. The zero-order chi connectivity index (χ0) is 9.84. The molecule has 0 saturated carbocycles. The van der Waals surface area contributed by atoms with Crippen molar-refractivity contribution in [2.75, 3.05) is 0 Å². The number of carbonyl (C=O) groups is 1. The second kappa shape index (κ2) is 3.80. The van der Waals surface area contributed by atoms with Crippen LogP contribution in [0.2, 0.25) is 0 Å². The van der Waals surface area contributed by atoms with E-state index in [9.17, 15) is 9.90 Å². The minimum Gasteiger partial charge on any atom is -0.508 e. The first-order valence-corrected chi connectivity index (χ1v) is 3.88. The fraction of sp³-hybridized carbons (Fsp3) is 0.222. The van der Waals surface area contributed by atoms with Crippen LogP contribution in [0.5, 0.6) is 5.75 Å². The Morgan fingerprint density at radius 1 is 1.46 bits per heavy atom. The number of hydrogen-bond donors (Lipinski definition) is 3. The number of carboxylic acid groups (broad SMARTS) is 1. The SMILES string of the molecule is CC(NC(=O)O)c1ccccc1O. The number of aromatic hydroxyl groups is 1. The summed E-state index contributed by atoms with van der Waals surface area (Å²) in [5.41, 5.74) is 0.574. The van der Waals surface area contributed by atoms with E-state index in [4.69, 9.17) is 5.11 Å². The van der Waals surface area contributed by atoms with Crippen LogP contribution in [0.1, 0.15) is 18.5 Å². The van der Waals surface area contributed by atoms with Crippen LogP contribution in [-0.2, 0) is 0 Å². The topological polar surface area (TPSA) is 69.6 Å². The number of amides is 1. The number of nitrogens with one attached hydrogen (secondary N) is 1. The molecule has 4 heteroatoms. The van der Waals surface area contributed by atoms with E-state index >= 15 is 0 Å². The van der Waals surface area contributed by atoms with E-state index in [2.05, 4.69) is 5.32 Å². The molecule has 70 valence electrons. The summed E-state index contributed by atoms with van der Waals surface area (Å²) in [4.78, 5) is 10.3. The van der Waals surface area contributed by atoms with Crippen molar-refractivity contribution < 1.29 is 15.0 Å². The third kappa shape index (κ3) is 2.37. The van der Waals surface area contributed by atoms with Crippen LogP contribution in [0.3, 0.4) is 0 Å². The summed E-state index contributed by atoms with van der Waals surface area (Å²) >= 11 is 0. The molecular formula is C9H11NO3. The predicted molar refractivity (Wildman–Crippen MR) is 47.7 cm³/mol. The molecule has 0 aliphatic heterocycles. The highest BCUT2D eigenvalue weighted by molar-refractivity contribution is 5.65. The molecule has 0 aliphatic rings. The van der Waals surface area contributed by atoms with Crippen molar-refractivity contribution in [3.05, 3.63) is 29.8 Å². The quantitative estimate of drug-likeness (QED) is 0.650. The number of hydrogen-bond acceptors (Lipinski definition) is 2. The molecule has 13 heavy (non-hydrogen) atoms. The molecule has 4 nitrogen and oxygen atoms in total. The molecule has 0 aromatic heterocycles. The van der Waals surface area contributed by atoms with Gasteiger partial charge in [-0.1, -0.05) is 18.2 Å². The summed E-state index contributed by atoms with van der Waals surface area (Å²) in [5, 5.41) is 20.1. The van der Waals surface area contributed by atoms with Crippen LogP contribution >= 0.6 is 0 Å². The second-order valence-corrected chi connectivity index (χ2v) is 2.73. The zero-order valence-corrected chi connectivity index (χ0v) is 7.19. The first-order valence-electron chi connectivity index (χ1n) is 3.88. The molecule has 0 saturated heterocycles. The van der Waals surface area contributed by atoms with Crippen LogP contribution in [0.4, 0.5) is 4.79 Å². The molecule has 1 aromatic carbocycles. The second-order valence-electron chi connectivity index (χ2n) is 2.73. The van der Waals surface area contributed by atoms with Gasteiger partial charge in [0.2, 0.25) is 0 Å². The highest BCUT2D eigenvalue weighted by atomic mass is 16.4. The fourth-order valence-corrected chi connectivity index (χ4v) is 1.12. The molecule has 0 fully saturated rings. The van der Waals surface area contributed by atoms with Crippen molar-refractivity contribution in [3.8, 4) is 5.75 Å². The van der Waals surface area contributed by atoms with Gasteiger partial charge in [-0.15, -0.1) is 0 Å². The Morgan fingerprint density at radius 2 is 2.08 bits per heavy atom. The maximum atomic E-state index is 10.3. The van der Waals surface area contributed by atoms with Gasteiger partial charge >= 0.3 is 6.09 Å². The van der Waals surface area contributed by atoms with Gasteiger partial charge in [0, 0.05) is 5.56 Å². The highest BCUT2D eigenvalue weighted by Crippen LogP contribution is 2.22. The Balaban J connectivity index is 2.82. The van der Waals surface area contributed by atoms with E-state index in [-0.39, 0.29) is 5.75 Å². The third-order valence-corrected chi connectivity index (χ3v) is 1.74. The first kappa shape index (κ1) is 9.38. The van der Waals surface area contributed by atoms with Gasteiger partial charge in [-0.05, 0) is 13.0 Å². The van der Waals surface area contributed by atoms with Gasteiger partial charge < -0.3 is 15.5 Å². The summed E-state index contributed by atoms with van der Waals surface area (Å²) < 4.78 is 0. The van der Waals surface area contributed by atoms with Gasteiger partial charge in [-0.25, -0.2) is 4.79 Å². The molecule has 0 aliphatic carbocycles.